The van der Waals surface area contributed by atoms with E-state index in [4.69, 9.17) is 0 Å². The number of hydrogen-bond acceptors (Lipinski definition) is 4. The molecule has 0 amide bonds. The Labute approximate surface area is 222 Å². The summed E-state index contributed by atoms with van der Waals surface area (Å²) in [5.41, 5.74) is 6.89. The number of aryl methyl sites for hydroxylation is 2. The highest BCUT2D eigenvalue weighted by atomic mass is 32.1. The van der Waals surface area contributed by atoms with Crippen LogP contribution in [-0.2, 0) is 12.8 Å². The molecule has 2 N–H and O–H groups in total. The standard InChI is InChI=1S/C32H32N2S2/c1-3-11-25-17-19-31(35-25)27-21-30(34-24-15-9-6-10-16-24)28(32-20-18-26(36-32)12-4-2)22-29(27)33-23-13-7-5-8-14-23/h5-10,13-22,33-34H,3-4,11-12H2,1-2H3. The van der Waals surface area contributed by atoms with E-state index in [9.17, 15) is 0 Å². The Morgan fingerprint density at radius 3 is 1.33 bits per heavy atom. The van der Waals surface area contributed by atoms with Crippen molar-refractivity contribution in [1.82, 2.24) is 0 Å². The lowest BCUT2D eigenvalue weighted by Gasteiger charge is -2.18. The minimum Gasteiger partial charge on any atom is -0.355 e. The van der Waals surface area contributed by atoms with Crippen molar-refractivity contribution in [3.8, 4) is 20.9 Å². The molecular formula is C32H32N2S2. The van der Waals surface area contributed by atoms with Crippen LogP contribution in [0.4, 0.5) is 22.7 Å². The van der Waals surface area contributed by atoms with Crippen molar-refractivity contribution in [2.75, 3.05) is 10.6 Å². The third-order valence-electron chi connectivity index (χ3n) is 6.11. The van der Waals surface area contributed by atoms with Crippen LogP contribution in [0.2, 0.25) is 0 Å². The maximum Gasteiger partial charge on any atom is 0.0480 e. The minimum atomic E-state index is 1.09. The molecule has 5 aromatic rings. The van der Waals surface area contributed by atoms with Crippen molar-refractivity contribution in [3.63, 3.8) is 0 Å². The van der Waals surface area contributed by atoms with Gasteiger partial charge in [-0.25, -0.2) is 0 Å². The van der Waals surface area contributed by atoms with Crippen molar-refractivity contribution in [3.05, 3.63) is 107 Å². The van der Waals surface area contributed by atoms with Gasteiger partial charge in [-0.15, -0.1) is 22.7 Å². The molecule has 0 unspecified atom stereocenters. The Balaban J connectivity index is 1.66. The minimum absolute atomic E-state index is 1.09. The van der Waals surface area contributed by atoms with Crippen LogP contribution in [-0.4, -0.2) is 0 Å². The predicted molar refractivity (Wildman–Crippen MR) is 161 cm³/mol. The van der Waals surface area contributed by atoms with E-state index in [1.165, 1.54) is 30.6 Å². The second-order valence-corrected chi connectivity index (χ2v) is 11.3. The monoisotopic (exact) mass is 508 g/mol. The first-order valence-corrected chi connectivity index (χ1v) is 14.4. The van der Waals surface area contributed by atoms with E-state index >= 15 is 0 Å². The van der Waals surface area contributed by atoms with Crippen LogP contribution in [0.5, 0.6) is 0 Å². The molecule has 0 saturated heterocycles. The number of nitrogens with one attached hydrogen (secondary N) is 2. The first-order chi connectivity index (χ1) is 17.7. The van der Waals surface area contributed by atoms with Crippen molar-refractivity contribution in [2.45, 2.75) is 39.5 Å². The Bertz CT molecular complexity index is 1290. The van der Waals surface area contributed by atoms with Crippen LogP contribution in [0.25, 0.3) is 20.9 Å². The highest BCUT2D eigenvalue weighted by Gasteiger charge is 2.17. The molecule has 0 fully saturated rings. The summed E-state index contributed by atoms with van der Waals surface area (Å²) in [6, 6.07) is 34.7. The van der Waals surface area contributed by atoms with E-state index in [1.54, 1.807) is 0 Å². The fourth-order valence-corrected chi connectivity index (χ4v) is 6.65. The second-order valence-electron chi connectivity index (χ2n) is 8.96. The SMILES string of the molecule is CCCc1ccc(-c2cc(Nc3ccccc3)c(-c3ccc(CCC)s3)cc2Nc2ccccc2)s1. The van der Waals surface area contributed by atoms with E-state index in [0.717, 1.165) is 48.4 Å². The van der Waals surface area contributed by atoms with E-state index in [2.05, 4.69) is 122 Å². The molecular weight excluding hydrogens is 477 g/mol. The van der Waals surface area contributed by atoms with E-state index < -0.39 is 0 Å². The average Bonchev–Trinajstić information content (AvgIpc) is 3.56. The van der Waals surface area contributed by atoms with Gasteiger partial charge in [-0.2, -0.15) is 0 Å². The van der Waals surface area contributed by atoms with Gasteiger partial charge < -0.3 is 10.6 Å². The Morgan fingerprint density at radius 2 is 0.944 bits per heavy atom. The number of anilines is 4. The van der Waals surface area contributed by atoms with Crippen LogP contribution < -0.4 is 10.6 Å². The third kappa shape index (κ3) is 5.72. The van der Waals surface area contributed by atoms with E-state index in [-0.39, 0.29) is 0 Å². The summed E-state index contributed by atoms with van der Waals surface area (Å²) in [7, 11) is 0. The number of thiophene rings is 2. The summed E-state index contributed by atoms with van der Waals surface area (Å²) >= 11 is 3.79. The summed E-state index contributed by atoms with van der Waals surface area (Å²) in [6.45, 7) is 4.48. The van der Waals surface area contributed by atoms with Crippen LogP contribution >= 0.6 is 22.7 Å². The first-order valence-electron chi connectivity index (χ1n) is 12.7. The molecule has 0 radical (unpaired) electrons. The molecule has 0 saturated carbocycles. The molecule has 3 aromatic carbocycles. The van der Waals surface area contributed by atoms with Gasteiger partial charge in [-0.05, 0) is 73.5 Å². The number of para-hydroxylation sites is 2. The highest BCUT2D eigenvalue weighted by Crippen LogP contribution is 2.44. The summed E-state index contributed by atoms with van der Waals surface area (Å²) < 4.78 is 0. The largest absolute Gasteiger partial charge is 0.355 e. The first kappa shape index (κ1) is 24.4. The van der Waals surface area contributed by atoms with E-state index in [0.29, 0.717) is 0 Å². The second kappa shape index (κ2) is 11.6. The van der Waals surface area contributed by atoms with Gasteiger partial charge in [-0.1, -0.05) is 63.1 Å². The van der Waals surface area contributed by atoms with Crippen LogP contribution in [0.15, 0.2) is 97.1 Å². The normalized spacial score (nSPS) is 10.9. The van der Waals surface area contributed by atoms with Gasteiger partial charge in [0.2, 0.25) is 0 Å². The van der Waals surface area contributed by atoms with Gasteiger partial charge in [0.05, 0.1) is 0 Å². The van der Waals surface area contributed by atoms with Gasteiger partial charge >= 0.3 is 0 Å². The predicted octanol–water partition coefficient (Wildman–Crippen LogP) is 10.5. The van der Waals surface area contributed by atoms with E-state index in [1.807, 2.05) is 22.7 Å². The summed E-state index contributed by atoms with van der Waals surface area (Å²) in [5, 5.41) is 7.46. The lowest BCUT2D eigenvalue weighted by Crippen LogP contribution is -1.98. The molecule has 0 bridgehead atoms. The number of hydrogen-bond donors (Lipinski definition) is 2. The molecule has 182 valence electrons. The van der Waals surface area contributed by atoms with Crippen molar-refractivity contribution >= 4 is 45.4 Å². The third-order valence-corrected chi connectivity index (χ3v) is 8.47. The van der Waals surface area contributed by atoms with Gasteiger partial charge in [0.25, 0.3) is 0 Å². The van der Waals surface area contributed by atoms with Gasteiger partial charge in [0, 0.05) is 53.4 Å². The number of benzene rings is 3. The Kier molecular flexibility index (Phi) is 7.85. The molecule has 2 aromatic heterocycles. The maximum atomic E-state index is 3.73. The smallest absolute Gasteiger partial charge is 0.0480 e. The molecule has 0 aliphatic rings. The Hall–Kier alpha value is -3.34. The van der Waals surface area contributed by atoms with Crippen LogP contribution in [0.1, 0.15) is 36.4 Å². The van der Waals surface area contributed by atoms with Crippen LogP contribution in [0.3, 0.4) is 0 Å². The maximum absolute atomic E-state index is 3.73. The highest BCUT2D eigenvalue weighted by molar-refractivity contribution is 7.16. The van der Waals surface area contributed by atoms with Crippen LogP contribution in [0, 0.1) is 0 Å². The molecule has 2 heterocycles. The number of rotatable bonds is 10. The zero-order valence-corrected chi connectivity index (χ0v) is 22.5. The lowest BCUT2D eigenvalue weighted by molar-refractivity contribution is 0.940. The fraction of sp³-hybridized carbons (Fsp3) is 0.188. The quantitative estimate of drug-likeness (QED) is 0.196. The van der Waals surface area contributed by atoms with Crippen molar-refractivity contribution in [1.29, 1.82) is 0 Å². The fourth-order valence-electron chi connectivity index (χ4n) is 4.38. The molecule has 36 heavy (non-hydrogen) atoms. The summed E-state index contributed by atoms with van der Waals surface area (Å²) in [5.74, 6) is 0. The van der Waals surface area contributed by atoms with Gasteiger partial charge in [0.1, 0.15) is 0 Å². The molecule has 0 atom stereocenters. The van der Waals surface area contributed by atoms with Crippen molar-refractivity contribution in [2.24, 2.45) is 0 Å². The molecule has 2 nitrogen and oxygen atoms in total. The lowest BCUT2D eigenvalue weighted by atomic mass is 10.0. The van der Waals surface area contributed by atoms with Gasteiger partial charge in [0.15, 0.2) is 0 Å². The molecule has 4 heteroatoms. The summed E-state index contributed by atoms with van der Waals surface area (Å²) in [4.78, 5) is 5.44. The molecule has 5 rings (SSSR count). The average molecular weight is 509 g/mol. The van der Waals surface area contributed by atoms with Gasteiger partial charge in [-0.3, -0.25) is 0 Å². The topological polar surface area (TPSA) is 24.1 Å². The Morgan fingerprint density at radius 1 is 0.528 bits per heavy atom. The molecule has 0 aliphatic heterocycles. The zero-order chi connectivity index (χ0) is 24.7. The zero-order valence-electron chi connectivity index (χ0n) is 20.9. The molecule has 0 spiro atoms. The molecule has 0 aliphatic carbocycles. The van der Waals surface area contributed by atoms with Crippen molar-refractivity contribution < 1.29 is 0 Å². The summed E-state index contributed by atoms with van der Waals surface area (Å²) in [6.07, 6.45) is 4.56.